The van der Waals surface area contributed by atoms with E-state index in [4.69, 9.17) is 0 Å². The number of halogens is 1. The highest BCUT2D eigenvalue weighted by Gasteiger charge is 2.18. The molecule has 2 N–H and O–H groups in total. The van der Waals surface area contributed by atoms with Crippen LogP contribution in [-0.2, 0) is 23.0 Å². The zero-order valence-corrected chi connectivity index (χ0v) is 13.2. The summed E-state index contributed by atoms with van der Waals surface area (Å²) >= 11 is 1.39. The number of rotatable bonds is 7. The molecular formula is C14H17FN2O2S2. The Kier molecular flexibility index (Phi) is 5.46. The third kappa shape index (κ3) is 4.10. The predicted molar refractivity (Wildman–Crippen MR) is 82.4 cm³/mol. The van der Waals surface area contributed by atoms with Crippen LogP contribution in [0.15, 0.2) is 40.6 Å². The van der Waals surface area contributed by atoms with Crippen molar-refractivity contribution in [2.24, 2.45) is 0 Å². The maximum absolute atomic E-state index is 13.5. The highest BCUT2D eigenvalue weighted by Crippen LogP contribution is 2.21. The van der Waals surface area contributed by atoms with Gasteiger partial charge in [-0.2, -0.15) is 0 Å². The molecule has 0 spiro atoms. The number of sulfonamides is 1. The van der Waals surface area contributed by atoms with E-state index < -0.39 is 10.0 Å². The van der Waals surface area contributed by atoms with Crippen LogP contribution >= 0.6 is 11.3 Å². The molecule has 0 saturated carbocycles. The molecule has 1 heterocycles. The SMILES string of the molecule is CNCc1sccc1S(=O)(=O)NCCc1ccccc1F. The first kappa shape index (κ1) is 16.1. The van der Waals surface area contributed by atoms with Crippen LogP contribution in [0.2, 0.25) is 0 Å². The van der Waals surface area contributed by atoms with E-state index in [0.717, 1.165) is 4.88 Å². The van der Waals surface area contributed by atoms with Gasteiger partial charge in [-0.15, -0.1) is 11.3 Å². The Morgan fingerprint density at radius 1 is 1.24 bits per heavy atom. The average molecular weight is 328 g/mol. The third-order valence-electron chi connectivity index (χ3n) is 2.98. The summed E-state index contributed by atoms with van der Waals surface area (Å²) in [5, 5.41) is 4.69. The van der Waals surface area contributed by atoms with Gasteiger partial charge in [-0.05, 0) is 36.5 Å². The van der Waals surface area contributed by atoms with Crippen molar-refractivity contribution >= 4 is 21.4 Å². The molecule has 0 radical (unpaired) electrons. The molecule has 21 heavy (non-hydrogen) atoms. The first-order chi connectivity index (χ1) is 10.0. The third-order valence-corrected chi connectivity index (χ3v) is 5.57. The monoisotopic (exact) mass is 328 g/mol. The molecular weight excluding hydrogens is 311 g/mol. The van der Waals surface area contributed by atoms with Crippen LogP contribution in [0.3, 0.4) is 0 Å². The largest absolute Gasteiger partial charge is 0.315 e. The van der Waals surface area contributed by atoms with Gasteiger partial charge >= 0.3 is 0 Å². The van der Waals surface area contributed by atoms with E-state index >= 15 is 0 Å². The molecule has 0 aliphatic rings. The molecule has 0 saturated heterocycles. The van der Waals surface area contributed by atoms with Gasteiger partial charge in [0.1, 0.15) is 5.82 Å². The second-order valence-electron chi connectivity index (χ2n) is 4.48. The molecule has 0 amide bonds. The molecule has 2 rings (SSSR count). The molecule has 0 aliphatic heterocycles. The molecule has 4 nitrogen and oxygen atoms in total. The minimum atomic E-state index is -3.55. The fourth-order valence-electron chi connectivity index (χ4n) is 1.96. The van der Waals surface area contributed by atoms with Crippen LogP contribution < -0.4 is 10.0 Å². The summed E-state index contributed by atoms with van der Waals surface area (Å²) in [6.07, 6.45) is 0.317. The molecule has 0 fully saturated rings. The summed E-state index contributed by atoms with van der Waals surface area (Å²) in [5.41, 5.74) is 0.501. The van der Waals surface area contributed by atoms with Crippen molar-refractivity contribution < 1.29 is 12.8 Å². The average Bonchev–Trinajstić information content (AvgIpc) is 2.90. The Hall–Kier alpha value is -1.28. The summed E-state index contributed by atoms with van der Waals surface area (Å²) < 4.78 is 40.5. The van der Waals surface area contributed by atoms with Crippen LogP contribution in [0.4, 0.5) is 4.39 Å². The molecule has 1 aromatic carbocycles. The van der Waals surface area contributed by atoms with Gasteiger partial charge in [-0.3, -0.25) is 0 Å². The van der Waals surface area contributed by atoms with Crippen molar-refractivity contribution in [3.05, 3.63) is 52.0 Å². The molecule has 0 bridgehead atoms. The molecule has 2 aromatic rings. The van der Waals surface area contributed by atoms with Gasteiger partial charge in [0.05, 0.1) is 4.90 Å². The minimum absolute atomic E-state index is 0.165. The maximum atomic E-state index is 13.5. The molecule has 0 unspecified atom stereocenters. The van der Waals surface area contributed by atoms with Gasteiger partial charge in [0.2, 0.25) is 10.0 Å². The van der Waals surface area contributed by atoms with Gasteiger partial charge in [0.25, 0.3) is 0 Å². The van der Waals surface area contributed by atoms with Gasteiger partial charge in [0, 0.05) is 18.0 Å². The van der Waals surface area contributed by atoms with Crippen molar-refractivity contribution in [2.45, 2.75) is 17.9 Å². The zero-order chi connectivity index (χ0) is 15.3. The fourth-order valence-corrected chi connectivity index (χ4v) is 4.44. The van der Waals surface area contributed by atoms with Crippen molar-refractivity contribution in [3.63, 3.8) is 0 Å². The Morgan fingerprint density at radius 2 is 2.00 bits per heavy atom. The van der Waals surface area contributed by atoms with E-state index in [1.807, 2.05) is 0 Å². The highest BCUT2D eigenvalue weighted by molar-refractivity contribution is 7.89. The van der Waals surface area contributed by atoms with Crippen LogP contribution in [0.5, 0.6) is 0 Å². The number of nitrogens with one attached hydrogen (secondary N) is 2. The summed E-state index contributed by atoms with van der Waals surface area (Å²) in [7, 11) is -1.79. The lowest BCUT2D eigenvalue weighted by Gasteiger charge is -2.08. The molecule has 0 atom stereocenters. The number of hydrogen-bond acceptors (Lipinski definition) is 4. The normalized spacial score (nSPS) is 11.7. The van der Waals surface area contributed by atoms with Gasteiger partial charge in [-0.25, -0.2) is 17.5 Å². The lowest BCUT2D eigenvalue weighted by atomic mass is 10.1. The molecule has 0 aliphatic carbocycles. The van der Waals surface area contributed by atoms with Gasteiger partial charge in [0.15, 0.2) is 0 Å². The smallest absolute Gasteiger partial charge is 0.241 e. The summed E-state index contributed by atoms with van der Waals surface area (Å²) in [6.45, 7) is 0.666. The van der Waals surface area contributed by atoms with Crippen LogP contribution in [0.25, 0.3) is 0 Å². The lowest BCUT2D eigenvalue weighted by Crippen LogP contribution is -2.27. The molecule has 1 aromatic heterocycles. The van der Waals surface area contributed by atoms with E-state index in [1.54, 1.807) is 36.7 Å². The van der Waals surface area contributed by atoms with E-state index in [9.17, 15) is 12.8 Å². The molecule has 7 heteroatoms. The van der Waals surface area contributed by atoms with Crippen molar-refractivity contribution in [1.29, 1.82) is 0 Å². The van der Waals surface area contributed by atoms with Crippen molar-refractivity contribution in [3.8, 4) is 0 Å². The van der Waals surface area contributed by atoms with Crippen LogP contribution in [0.1, 0.15) is 10.4 Å². The van der Waals surface area contributed by atoms with E-state index in [-0.39, 0.29) is 17.3 Å². The van der Waals surface area contributed by atoms with E-state index in [1.165, 1.54) is 17.4 Å². The van der Waals surface area contributed by atoms with E-state index in [0.29, 0.717) is 18.5 Å². The van der Waals surface area contributed by atoms with E-state index in [2.05, 4.69) is 10.0 Å². The van der Waals surface area contributed by atoms with Gasteiger partial charge < -0.3 is 5.32 Å². The summed E-state index contributed by atoms with van der Waals surface area (Å²) in [4.78, 5) is 1.05. The highest BCUT2D eigenvalue weighted by atomic mass is 32.2. The fraction of sp³-hybridized carbons (Fsp3) is 0.286. The minimum Gasteiger partial charge on any atom is -0.315 e. The summed E-state index contributed by atoms with van der Waals surface area (Å²) in [5.74, 6) is -0.317. The Labute approximate surface area is 128 Å². The standard InChI is InChI=1S/C14H17FN2O2S2/c1-16-10-13-14(7-9-20-13)21(18,19)17-8-6-11-4-2-3-5-12(11)15/h2-5,7,9,16-17H,6,8,10H2,1H3. The topological polar surface area (TPSA) is 58.2 Å². The van der Waals surface area contributed by atoms with Crippen molar-refractivity contribution in [1.82, 2.24) is 10.0 Å². The van der Waals surface area contributed by atoms with Crippen LogP contribution in [0, 0.1) is 5.82 Å². The number of benzene rings is 1. The first-order valence-electron chi connectivity index (χ1n) is 6.48. The maximum Gasteiger partial charge on any atom is 0.241 e. The summed E-state index contributed by atoms with van der Waals surface area (Å²) in [6, 6.07) is 7.95. The Bertz CT molecular complexity index is 699. The second-order valence-corrected chi connectivity index (χ2v) is 7.21. The quantitative estimate of drug-likeness (QED) is 0.818. The molecule has 114 valence electrons. The van der Waals surface area contributed by atoms with Gasteiger partial charge in [-0.1, -0.05) is 18.2 Å². The number of thiophene rings is 1. The lowest BCUT2D eigenvalue weighted by molar-refractivity contribution is 0.576. The van der Waals surface area contributed by atoms with Crippen molar-refractivity contribution in [2.75, 3.05) is 13.6 Å². The predicted octanol–water partition coefficient (Wildman–Crippen LogP) is 2.13. The van der Waals surface area contributed by atoms with Crippen LogP contribution in [-0.4, -0.2) is 22.0 Å². The Balaban J connectivity index is 2.02. The second kappa shape index (κ2) is 7.13. The zero-order valence-electron chi connectivity index (χ0n) is 11.6. The first-order valence-corrected chi connectivity index (χ1v) is 8.85. The number of hydrogen-bond donors (Lipinski definition) is 2. The Morgan fingerprint density at radius 3 is 2.71 bits per heavy atom.